The molecule has 0 N–H and O–H groups in total. The summed E-state index contributed by atoms with van der Waals surface area (Å²) in [6.45, 7) is 8.79. The summed E-state index contributed by atoms with van der Waals surface area (Å²) >= 11 is 0. The molecule has 1 saturated carbocycles. The van der Waals surface area contributed by atoms with Gasteiger partial charge in [-0.25, -0.2) is 4.79 Å². The maximum Gasteiger partial charge on any atom is 0.334 e. The fourth-order valence-electron chi connectivity index (χ4n) is 8.85. The van der Waals surface area contributed by atoms with E-state index < -0.39 is 76.6 Å². The van der Waals surface area contributed by atoms with Crippen LogP contribution in [-0.2, 0) is 47.7 Å². The summed E-state index contributed by atoms with van der Waals surface area (Å²) in [6, 6.07) is 0. The highest BCUT2D eigenvalue weighted by Gasteiger charge is 2.78. The van der Waals surface area contributed by atoms with Gasteiger partial charge in [0.1, 0.15) is 12.2 Å². The molecule has 0 aromatic rings. The fraction of sp³-hybridized carbons (Fsp3) is 0.621. The monoisotopic (exact) mass is 540 g/mol. The first-order valence-electron chi connectivity index (χ1n) is 13.3. The molecule has 3 heterocycles. The number of fused-ring (bicyclic) bond motifs is 4. The van der Waals surface area contributed by atoms with Crippen LogP contribution in [-0.4, -0.2) is 61.4 Å². The number of ketones is 1. The Morgan fingerprint density at radius 3 is 2.49 bits per heavy atom. The number of hydrogen-bond donors (Lipinski definition) is 0. The summed E-state index contributed by atoms with van der Waals surface area (Å²) in [6.07, 6.45) is 2.02. The lowest BCUT2D eigenvalue weighted by Gasteiger charge is -2.59. The number of cyclic esters (lactones) is 1. The predicted octanol–water partition coefficient (Wildman–Crippen LogP) is 2.35. The van der Waals surface area contributed by atoms with Gasteiger partial charge in [-0.15, -0.1) is 0 Å². The third kappa shape index (κ3) is 3.15. The smallest absolute Gasteiger partial charge is 0.334 e. The highest BCUT2D eigenvalue weighted by Crippen LogP contribution is 2.71. The van der Waals surface area contributed by atoms with E-state index in [2.05, 4.69) is 0 Å². The molecule has 10 atom stereocenters. The van der Waals surface area contributed by atoms with Crippen LogP contribution in [0.5, 0.6) is 0 Å². The number of ether oxygens (including phenoxy) is 5. The molecule has 3 fully saturated rings. The zero-order valence-electron chi connectivity index (χ0n) is 22.8. The lowest BCUT2D eigenvalue weighted by molar-refractivity contribution is -0.190. The van der Waals surface area contributed by atoms with Gasteiger partial charge < -0.3 is 23.7 Å². The summed E-state index contributed by atoms with van der Waals surface area (Å²) in [5.41, 5.74) is -0.676. The van der Waals surface area contributed by atoms with Crippen LogP contribution in [0.3, 0.4) is 0 Å². The van der Waals surface area contributed by atoms with Crippen molar-refractivity contribution in [3.05, 3.63) is 34.9 Å². The van der Waals surface area contributed by atoms with Gasteiger partial charge in [0.2, 0.25) is 0 Å². The average molecular weight is 541 g/mol. The summed E-state index contributed by atoms with van der Waals surface area (Å²) in [7, 11) is 1.31. The quantitative estimate of drug-likeness (QED) is 0.297. The number of allylic oxidation sites excluding steroid dienone is 2. The van der Waals surface area contributed by atoms with Gasteiger partial charge in [-0.05, 0) is 37.8 Å². The third-order valence-electron chi connectivity index (χ3n) is 10.4. The van der Waals surface area contributed by atoms with Crippen LogP contribution in [0.15, 0.2) is 34.9 Å². The Morgan fingerprint density at radius 1 is 1.10 bits per heavy atom. The van der Waals surface area contributed by atoms with E-state index in [0.717, 1.165) is 11.1 Å². The molecule has 6 aliphatic rings. The van der Waals surface area contributed by atoms with Gasteiger partial charge in [0.25, 0.3) is 6.29 Å². The number of rotatable bonds is 4. The van der Waals surface area contributed by atoms with Gasteiger partial charge in [0.05, 0.1) is 25.0 Å². The Kier molecular flexibility index (Phi) is 5.41. The summed E-state index contributed by atoms with van der Waals surface area (Å²) in [4.78, 5) is 63.7. The van der Waals surface area contributed by atoms with Crippen molar-refractivity contribution in [3.8, 4) is 0 Å². The van der Waals surface area contributed by atoms with E-state index in [-0.39, 0.29) is 18.1 Å². The van der Waals surface area contributed by atoms with E-state index in [4.69, 9.17) is 23.7 Å². The van der Waals surface area contributed by atoms with Crippen molar-refractivity contribution in [2.75, 3.05) is 7.11 Å². The van der Waals surface area contributed by atoms with Crippen molar-refractivity contribution in [2.24, 2.45) is 34.0 Å². The molecule has 0 aromatic carbocycles. The number of hydrogen-bond acceptors (Lipinski definition) is 10. The van der Waals surface area contributed by atoms with E-state index in [1.165, 1.54) is 26.2 Å². The van der Waals surface area contributed by atoms with Gasteiger partial charge >= 0.3 is 23.9 Å². The topological polar surface area (TPSA) is 132 Å². The molecule has 0 radical (unpaired) electrons. The average Bonchev–Trinajstić information content (AvgIpc) is 3.55. The summed E-state index contributed by atoms with van der Waals surface area (Å²) in [5, 5.41) is 0. The van der Waals surface area contributed by atoms with Gasteiger partial charge in [0.15, 0.2) is 5.78 Å². The molecule has 3 aliphatic heterocycles. The van der Waals surface area contributed by atoms with Crippen LogP contribution >= 0.6 is 0 Å². The lowest BCUT2D eigenvalue weighted by atomic mass is 9.42. The first kappa shape index (κ1) is 26.0. The molecule has 0 amide bonds. The van der Waals surface area contributed by atoms with Crippen molar-refractivity contribution >= 4 is 29.7 Å². The van der Waals surface area contributed by atoms with Gasteiger partial charge in [-0.2, -0.15) is 0 Å². The second kappa shape index (κ2) is 8.13. The maximum absolute atomic E-state index is 13.8. The van der Waals surface area contributed by atoms with Crippen LogP contribution < -0.4 is 0 Å². The normalized spacial score (nSPS) is 45.3. The van der Waals surface area contributed by atoms with Crippen molar-refractivity contribution in [3.63, 3.8) is 0 Å². The van der Waals surface area contributed by atoms with Crippen LogP contribution in [0.4, 0.5) is 0 Å². The minimum atomic E-state index is -1.13. The molecule has 2 saturated heterocycles. The van der Waals surface area contributed by atoms with Gasteiger partial charge in [-0.3, -0.25) is 19.2 Å². The Balaban J connectivity index is 1.51. The molecule has 208 valence electrons. The minimum Gasteiger partial charge on any atom is -0.469 e. The molecule has 0 bridgehead atoms. The second-order valence-electron chi connectivity index (χ2n) is 12.2. The molecule has 6 rings (SSSR count). The molecule has 0 aromatic heterocycles. The van der Waals surface area contributed by atoms with Gasteiger partial charge in [-0.1, -0.05) is 25.5 Å². The molecule has 1 unspecified atom stereocenters. The second-order valence-corrected chi connectivity index (χ2v) is 12.2. The van der Waals surface area contributed by atoms with E-state index in [0.29, 0.717) is 12.0 Å². The molecule has 10 heteroatoms. The fourth-order valence-corrected chi connectivity index (χ4v) is 8.85. The minimum absolute atomic E-state index is 0.0506. The maximum atomic E-state index is 13.8. The number of carbonyl (C=O) groups excluding carboxylic acids is 5. The van der Waals surface area contributed by atoms with Crippen LogP contribution in [0.25, 0.3) is 0 Å². The Morgan fingerprint density at radius 2 is 1.82 bits per heavy atom. The highest BCUT2D eigenvalue weighted by molar-refractivity contribution is 6.00. The first-order valence-corrected chi connectivity index (χ1v) is 13.3. The Bertz CT molecular complexity index is 1320. The van der Waals surface area contributed by atoms with Crippen molar-refractivity contribution in [1.29, 1.82) is 0 Å². The first-order chi connectivity index (χ1) is 18.3. The number of esters is 4. The molecule has 10 nitrogen and oxygen atoms in total. The molecule has 3 aliphatic carbocycles. The Hall–Kier alpha value is -3.27. The SMILES string of the molecule is COC(=O)C[C@H]1[C@]2(C)C3=C(C)[C@H](C4=CC(=O)OC4OC(C)=O)C[C@H]3O[C@@H]2[C@@H]2OC(=O)[C@]3(C)C=CC(=O)[C@@]1(C)[C@@H]23. The highest BCUT2D eigenvalue weighted by atomic mass is 16.7. The van der Waals surface area contributed by atoms with Crippen molar-refractivity contribution < 1.29 is 47.7 Å². The van der Waals surface area contributed by atoms with Crippen molar-refractivity contribution in [1.82, 2.24) is 0 Å². The van der Waals surface area contributed by atoms with Gasteiger partial charge in [0, 0.05) is 41.2 Å². The van der Waals surface area contributed by atoms with E-state index >= 15 is 0 Å². The zero-order valence-corrected chi connectivity index (χ0v) is 22.8. The lowest BCUT2D eigenvalue weighted by Crippen LogP contribution is -2.66. The molecule has 39 heavy (non-hydrogen) atoms. The molecule has 0 spiro atoms. The van der Waals surface area contributed by atoms with Crippen LogP contribution in [0.2, 0.25) is 0 Å². The summed E-state index contributed by atoms with van der Waals surface area (Å²) < 4.78 is 28.3. The number of carbonyl (C=O) groups is 5. The zero-order chi connectivity index (χ0) is 28.2. The van der Waals surface area contributed by atoms with E-state index in [1.807, 2.05) is 20.8 Å². The van der Waals surface area contributed by atoms with E-state index in [1.54, 1.807) is 13.0 Å². The number of methoxy groups -OCH3 is 1. The van der Waals surface area contributed by atoms with Crippen LogP contribution in [0.1, 0.15) is 47.5 Å². The third-order valence-corrected chi connectivity index (χ3v) is 10.4. The molecular formula is C29H32O10. The van der Waals surface area contributed by atoms with Crippen molar-refractivity contribution in [2.45, 2.75) is 72.1 Å². The standard InChI is InChI=1S/C29H32O10/c1-12-14(15-10-20(33)38-25(15)36-13(2)30)9-16-21(12)29(5)17(11-19(32)35-6)28(4)18(31)7-8-27(3)23(28)22(24(29)37-16)39-26(27)34/h7-8,10,14,16-17,22-25H,9,11H2,1-6H3/t14-,16-,17-,22-,23+,24-,25?,27-,28+,29-/m1/s1. The molecular weight excluding hydrogens is 508 g/mol. The van der Waals surface area contributed by atoms with E-state index in [9.17, 15) is 24.0 Å². The summed E-state index contributed by atoms with van der Waals surface area (Å²) in [5.74, 6) is -3.60. The van der Waals surface area contributed by atoms with Crippen LogP contribution in [0, 0.1) is 34.0 Å². The largest absolute Gasteiger partial charge is 0.469 e. The predicted molar refractivity (Wildman–Crippen MR) is 131 cm³/mol. The Labute approximate surface area is 225 Å².